The smallest absolute Gasteiger partial charge is 0.236 e. The fourth-order valence-corrected chi connectivity index (χ4v) is 2.97. The Bertz CT molecular complexity index is 823. The van der Waals surface area contributed by atoms with Crippen LogP contribution in [0.25, 0.3) is 5.69 Å². The quantitative estimate of drug-likeness (QED) is 0.732. The van der Waals surface area contributed by atoms with Gasteiger partial charge in [-0.3, -0.25) is 14.0 Å². The highest BCUT2D eigenvalue weighted by molar-refractivity contribution is 7.99. The number of rotatable bonds is 5. The number of nitrogens with one attached hydrogen (secondary N) is 1. The Labute approximate surface area is 138 Å². The van der Waals surface area contributed by atoms with E-state index in [-0.39, 0.29) is 11.7 Å². The van der Waals surface area contributed by atoms with Gasteiger partial charge in [-0.1, -0.05) is 30.0 Å². The molecule has 0 radical (unpaired) electrons. The molecular weight excluding hydrogens is 310 g/mol. The van der Waals surface area contributed by atoms with Crippen LogP contribution in [-0.2, 0) is 11.8 Å². The first-order valence-electron chi connectivity index (χ1n) is 7.15. The second kappa shape index (κ2) is 6.70. The van der Waals surface area contributed by atoms with Gasteiger partial charge in [0, 0.05) is 31.7 Å². The van der Waals surface area contributed by atoms with Crippen LogP contribution in [0.5, 0.6) is 0 Å². The first kappa shape index (κ1) is 15.4. The standard InChI is InChI=1S/C16H17N5OS/c1-12-5-3-4-6-13(12)21-10-8-17-16(21)23-11-15(22)18-14-7-9-20(2)19-14/h3-10H,11H2,1-2H3,(H,18,19,22). The van der Waals surface area contributed by atoms with Gasteiger partial charge in [-0.05, 0) is 18.6 Å². The minimum Gasteiger partial charge on any atom is -0.308 e. The number of anilines is 1. The Morgan fingerprint density at radius 1 is 1.26 bits per heavy atom. The highest BCUT2D eigenvalue weighted by Gasteiger charge is 2.11. The van der Waals surface area contributed by atoms with Crippen molar-refractivity contribution >= 4 is 23.5 Å². The molecule has 0 saturated carbocycles. The highest BCUT2D eigenvalue weighted by Crippen LogP contribution is 2.22. The molecule has 0 aliphatic carbocycles. The fourth-order valence-electron chi connectivity index (χ4n) is 2.20. The Balaban J connectivity index is 1.66. The third kappa shape index (κ3) is 3.62. The van der Waals surface area contributed by atoms with Crippen LogP contribution in [0.1, 0.15) is 5.56 Å². The van der Waals surface area contributed by atoms with Gasteiger partial charge in [-0.2, -0.15) is 5.10 Å². The first-order chi connectivity index (χ1) is 11.1. The third-order valence-electron chi connectivity index (χ3n) is 3.30. The van der Waals surface area contributed by atoms with Crippen LogP contribution >= 0.6 is 11.8 Å². The van der Waals surface area contributed by atoms with E-state index in [1.54, 1.807) is 23.1 Å². The van der Waals surface area contributed by atoms with Gasteiger partial charge in [0.1, 0.15) is 0 Å². The Morgan fingerprint density at radius 3 is 2.83 bits per heavy atom. The van der Waals surface area contributed by atoms with Crippen LogP contribution in [0.4, 0.5) is 5.82 Å². The van der Waals surface area contributed by atoms with Gasteiger partial charge in [0.2, 0.25) is 5.91 Å². The van der Waals surface area contributed by atoms with Crippen molar-refractivity contribution in [3.8, 4) is 5.69 Å². The summed E-state index contributed by atoms with van der Waals surface area (Å²) in [4.78, 5) is 16.4. The van der Waals surface area contributed by atoms with E-state index in [0.29, 0.717) is 5.82 Å². The molecule has 2 aromatic heterocycles. The maximum absolute atomic E-state index is 12.0. The van der Waals surface area contributed by atoms with Crippen molar-refractivity contribution in [3.05, 3.63) is 54.5 Å². The molecule has 0 saturated heterocycles. The van der Waals surface area contributed by atoms with Crippen molar-refractivity contribution in [1.29, 1.82) is 0 Å². The molecule has 0 bridgehead atoms. The first-order valence-corrected chi connectivity index (χ1v) is 8.14. The summed E-state index contributed by atoms with van der Waals surface area (Å²) in [5.41, 5.74) is 2.22. The van der Waals surface area contributed by atoms with E-state index in [1.807, 2.05) is 36.0 Å². The lowest BCUT2D eigenvalue weighted by Crippen LogP contribution is -2.15. The molecule has 1 N–H and O–H groups in total. The van der Waals surface area contributed by atoms with E-state index < -0.39 is 0 Å². The van der Waals surface area contributed by atoms with Gasteiger partial charge in [-0.15, -0.1) is 0 Å². The van der Waals surface area contributed by atoms with E-state index in [4.69, 9.17) is 0 Å². The number of carbonyl (C=O) groups is 1. The summed E-state index contributed by atoms with van der Waals surface area (Å²) in [6.07, 6.45) is 5.43. The zero-order valence-electron chi connectivity index (χ0n) is 12.9. The number of aryl methyl sites for hydroxylation is 2. The van der Waals surface area contributed by atoms with E-state index in [1.165, 1.54) is 11.8 Å². The molecule has 0 fully saturated rings. The summed E-state index contributed by atoms with van der Waals surface area (Å²) >= 11 is 1.40. The van der Waals surface area contributed by atoms with Crippen molar-refractivity contribution in [2.24, 2.45) is 7.05 Å². The Hall–Kier alpha value is -2.54. The monoisotopic (exact) mass is 327 g/mol. The molecular formula is C16H17N5OS. The molecule has 0 spiro atoms. The van der Waals surface area contributed by atoms with Crippen LogP contribution in [0.3, 0.4) is 0 Å². The summed E-state index contributed by atoms with van der Waals surface area (Å²) in [5.74, 6) is 0.729. The van der Waals surface area contributed by atoms with E-state index in [2.05, 4.69) is 28.4 Å². The van der Waals surface area contributed by atoms with E-state index in [9.17, 15) is 4.79 Å². The molecule has 1 amide bonds. The van der Waals surface area contributed by atoms with E-state index in [0.717, 1.165) is 16.4 Å². The molecule has 7 heteroatoms. The van der Waals surface area contributed by atoms with Crippen LogP contribution in [-0.4, -0.2) is 31.0 Å². The Morgan fingerprint density at radius 2 is 2.09 bits per heavy atom. The molecule has 0 atom stereocenters. The molecule has 0 aliphatic rings. The van der Waals surface area contributed by atoms with Crippen LogP contribution in [0.2, 0.25) is 0 Å². The predicted octanol–water partition coefficient (Wildman–Crippen LogP) is 2.65. The predicted molar refractivity (Wildman–Crippen MR) is 90.9 cm³/mol. The van der Waals surface area contributed by atoms with Gasteiger partial charge >= 0.3 is 0 Å². The molecule has 1 aromatic carbocycles. The largest absolute Gasteiger partial charge is 0.308 e. The van der Waals surface area contributed by atoms with Gasteiger partial charge in [-0.25, -0.2) is 4.98 Å². The van der Waals surface area contributed by atoms with Crippen LogP contribution < -0.4 is 5.32 Å². The van der Waals surface area contributed by atoms with Gasteiger partial charge in [0.25, 0.3) is 0 Å². The number of hydrogen-bond donors (Lipinski definition) is 1. The summed E-state index contributed by atoms with van der Waals surface area (Å²) < 4.78 is 3.64. The number of para-hydroxylation sites is 1. The average molecular weight is 327 g/mol. The maximum Gasteiger partial charge on any atom is 0.236 e. The minimum absolute atomic E-state index is 0.104. The van der Waals surface area contributed by atoms with Crippen LogP contribution in [0.15, 0.2) is 54.1 Å². The number of imidazole rings is 1. The zero-order chi connectivity index (χ0) is 16.2. The molecule has 6 nitrogen and oxygen atoms in total. The third-order valence-corrected chi connectivity index (χ3v) is 4.26. The molecule has 0 aliphatic heterocycles. The highest BCUT2D eigenvalue weighted by atomic mass is 32.2. The van der Waals surface area contributed by atoms with Crippen LogP contribution in [0, 0.1) is 6.92 Å². The normalized spacial score (nSPS) is 10.7. The van der Waals surface area contributed by atoms with Gasteiger partial charge in [0.05, 0.1) is 11.4 Å². The lowest BCUT2D eigenvalue weighted by atomic mass is 10.2. The molecule has 0 unspecified atom stereocenters. The number of benzene rings is 1. The lowest BCUT2D eigenvalue weighted by Gasteiger charge is -2.10. The number of carbonyl (C=O) groups excluding carboxylic acids is 1. The number of thioether (sulfide) groups is 1. The zero-order valence-corrected chi connectivity index (χ0v) is 13.7. The number of amides is 1. The maximum atomic E-state index is 12.0. The second-order valence-corrected chi connectivity index (χ2v) is 6.02. The van der Waals surface area contributed by atoms with Crippen molar-refractivity contribution in [3.63, 3.8) is 0 Å². The molecule has 23 heavy (non-hydrogen) atoms. The van der Waals surface area contributed by atoms with Crippen molar-refractivity contribution < 1.29 is 4.79 Å². The second-order valence-electron chi connectivity index (χ2n) is 5.08. The fraction of sp³-hybridized carbons (Fsp3) is 0.188. The number of hydrogen-bond acceptors (Lipinski definition) is 4. The summed E-state index contributed by atoms with van der Waals surface area (Å²) in [7, 11) is 1.81. The molecule has 2 heterocycles. The summed E-state index contributed by atoms with van der Waals surface area (Å²) in [5, 5.41) is 7.68. The minimum atomic E-state index is -0.104. The average Bonchev–Trinajstić information content (AvgIpc) is 3.15. The van der Waals surface area contributed by atoms with Gasteiger partial charge in [0.15, 0.2) is 11.0 Å². The SMILES string of the molecule is Cc1ccccc1-n1ccnc1SCC(=O)Nc1ccn(C)n1. The Kier molecular flexibility index (Phi) is 4.47. The van der Waals surface area contributed by atoms with Gasteiger partial charge < -0.3 is 5.32 Å². The van der Waals surface area contributed by atoms with Crippen molar-refractivity contribution in [2.75, 3.05) is 11.1 Å². The molecule has 118 valence electrons. The molecule has 3 rings (SSSR count). The van der Waals surface area contributed by atoms with Crippen molar-refractivity contribution in [2.45, 2.75) is 12.1 Å². The van der Waals surface area contributed by atoms with E-state index >= 15 is 0 Å². The number of nitrogens with zero attached hydrogens (tertiary/aromatic N) is 4. The molecule has 3 aromatic rings. The summed E-state index contributed by atoms with van der Waals surface area (Å²) in [6.45, 7) is 2.05. The van der Waals surface area contributed by atoms with Crippen molar-refractivity contribution in [1.82, 2.24) is 19.3 Å². The summed E-state index contributed by atoms with van der Waals surface area (Å²) in [6, 6.07) is 9.84. The lowest BCUT2D eigenvalue weighted by molar-refractivity contribution is -0.113. The topological polar surface area (TPSA) is 64.7 Å². The number of aromatic nitrogens is 4.